The molecule has 2 aromatic rings. The van der Waals surface area contributed by atoms with Gasteiger partial charge in [-0.3, -0.25) is 14.6 Å². The minimum atomic E-state index is 0. The molecule has 1 atom stereocenters. The van der Waals surface area contributed by atoms with E-state index in [9.17, 15) is 0 Å². The summed E-state index contributed by atoms with van der Waals surface area (Å²) in [5.74, 6) is 1.89. The van der Waals surface area contributed by atoms with E-state index in [0.29, 0.717) is 6.04 Å². The van der Waals surface area contributed by atoms with Crippen molar-refractivity contribution in [2.45, 2.75) is 59.0 Å². The Morgan fingerprint density at radius 3 is 2.83 bits per heavy atom. The van der Waals surface area contributed by atoms with E-state index < -0.39 is 0 Å². The number of hydrogen-bond donors (Lipinski definition) is 2. The number of likely N-dealkylation sites (tertiary alicyclic amines) is 1. The van der Waals surface area contributed by atoms with Gasteiger partial charge in [0.15, 0.2) is 5.96 Å². The summed E-state index contributed by atoms with van der Waals surface area (Å²) in [5.41, 5.74) is 2.29. The molecule has 0 spiro atoms. The Balaban J connectivity index is 0.00000320. The second kappa shape index (κ2) is 13.0. The molecule has 0 aliphatic carbocycles. The first-order chi connectivity index (χ1) is 14.2. The number of aryl methyl sites for hydroxylation is 3. The van der Waals surface area contributed by atoms with E-state index in [1.54, 1.807) is 6.26 Å². The van der Waals surface area contributed by atoms with Crippen LogP contribution >= 0.6 is 24.0 Å². The highest BCUT2D eigenvalue weighted by molar-refractivity contribution is 14.0. The fourth-order valence-corrected chi connectivity index (χ4v) is 3.99. The molecule has 1 saturated heterocycles. The smallest absolute Gasteiger partial charge is 0.191 e. The first-order valence-electron chi connectivity index (χ1n) is 11.0. The van der Waals surface area contributed by atoms with E-state index in [1.807, 2.05) is 19.1 Å². The van der Waals surface area contributed by atoms with Gasteiger partial charge in [0.05, 0.1) is 18.5 Å². The molecule has 0 amide bonds. The van der Waals surface area contributed by atoms with E-state index in [2.05, 4.69) is 45.2 Å². The number of likely N-dealkylation sites (N-methyl/N-ethyl adjacent to an activating group) is 1. The average molecular weight is 528 g/mol. The van der Waals surface area contributed by atoms with E-state index in [-0.39, 0.29) is 24.0 Å². The van der Waals surface area contributed by atoms with Crippen LogP contribution < -0.4 is 10.6 Å². The molecule has 168 valence electrons. The zero-order valence-corrected chi connectivity index (χ0v) is 20.9. The highest BCUT2D eigenvalue weighted by Gasteiger charge is 2.22. The third-order valence-electron chi connectivity index (χ3n) is 5.55. The molecule has 3 heterocycles. The van der Waals surface area contributed by atoms with Crippen molar-refractivity contribution in [3.63, 3.8) is 0 Å². The van der Waals surface area contributed by atoms with E-state index in [0.717, 1.165) is 63.0 Å². The van der Waals surface area contributed by atoms with Gasteiger partial charge in [0.25, 0.3) is 0 Å². The van der Waals surface area contributed by atoms with Crippen LogP contribution in [0.1, 0.15) is 43.3 Å². The molecule has 8 heteroatoms. The van der Waals surface area contributed by atoms with Crippen molar-refractivity contribution in [1.29, 1.82) is 0 Å². The van der Waals surface area contributed by atoms with E-state index >= 15 is 0 Å². The number of furan rings is 1. The fourth-order valence-electron chi connectivity index (χ4n) is 3.99. The van der Waals surface area contributed by atoms with Gasteiger partial charge < -0.3 is 15.1 Å². The lowest BCUT2D eigenvalue weighted by Crippen LogP contribution is -2.40. The van der Waals surface area contributed by atoms with Crippen LogP contribution in [0.2, 0.25) is 0 Å². The molecule has 1 aliphatic heterocycles. The topological polar surface area (TPSA) is 70.6 Å². The lowest BCUT2D eigenvalue weighted by Gasteiger charge is -2.21. The summed E-state index contributed by atoms with van der Waals surface area (Å²) in [6.07, 6.45) is 6.11. The molecule has 0 saturated carbocycles. The van der Waals surface area contributed by atoms with Crippen LogP contribution in [0.3, 0.4) is 0 Å². The van der Waals surface area contributed by atoms with Gasteiger partial charge in [-0.2, -0.15) is 5.10 Å². The van der Waals surface area contributed by atoms with Crippen molar-refractivity contribution in [1.82, 2.24) is 25.3 Å². The molecule has 1 fully saturated rings. The van der Waals surface area contributed by atoms with Crippen LogP contribution in [0, 0.1) is 13.8 Å². The molecule has 0 aromatic carbocycles. The van der Waals surface area contributed by atoms with Crippen LogP contribution in [0.5, 0.6) is 0 Å². The number of aliphatic imine (C=N–C) groups is 1. The molecule has 2 N–H and O–H groups in total. The van der Waals surface area contributed by atoms with Crippen molar-refractivity contribution < 1.29 is 4.42 Å². The molecule has 1 aliphatic rings. The minimum absolute atomic E-state index is 0. The van der Waals surface area contributed by atoms with Gasteiger partial charge in [-0.1, -0.05) is 6.92 Å². The van der Waals surface area contributed by atoms with Crippen LogP contribution in [0.15, 0.2) is 33.9 Å². The summed E-state index contributed by atoms with van der Waals surface area (Å²) in [6, 6.07) is 6.63. The summed E-state index contributed by atoms with van der Waals surface area (Å²) in [5, 5.41) is 11.5. The average Bonchev–Trinajstić information content (AvgIpc) is 3.44. The Bertz CT molecular complexity index is 758. The van der Waals surface area contributed by atoms with Gasteiger partial charge in [0.2, 0.25) is 0 Å². The molecular weight excluding hydrogens is 491 g/mol. The lowest BCUT2D eigenvalue weighted by molar-refractivity contribution is 0.273. The zero-order chi connectivity index (χ0) is 20.5. The van der Waals surface area contributed by atoms with Gasteiger partial charge >= 0.3 is 0 Å². The number of aromatic nitrogens is 2. The highest BCUT2D eigenvalue weighted by atomic mass is 127. The predicted molar refractivity (Wildman–Crippen MR) is 133 cm³/mol. The summed E-state index contributed by atoms with van der Waals surface area (Å²) >= 11 is 0. The van der Waals surface area contributed by atoms with Crippen molar-refractivity contribution in [2.24, 2.45) is 4.99 Å². The normalized spacial score (nSPS) is 17.2. The molecule has 7 nitrogen and oxygen atoms in total. The van der Waals surface area contributed by atoms with E-state index in [4.69, 9.17) is 9.41 Å². The Hall–Kier alpha value is -1.55. The van der Waals surface area contributed by atoms with Gasteiger partial charge in [0, 0.05) is 37.8 Å². The summed E-state index contributed by atoms with van der Waals surface area (Å²) in [7, 11) is 0. The van der Waals surface area contributed by atoms with Crippen LogP contribution in [-0.2, 0) is 13.0 Å². The van der Waals surface area contributed by atoms with Gasteiger partial charge in [0.1, 0.15) is 5.76 Å². The molecule has 0 bridgehead atoms. The predicted octanol–water partition coefficient (Wildman–Crippen LogP) is 3.36. The third-order valence-corrected chi connectivity index (χ3v) is 5.55. The third kappa shape index (κ3) is 7.61. The molecule has 30 heavy (non-hydrogen) atoms. The van der Waals surface area contributed by atoms with Gasteiger partial charge in [-0.05, 0) is 64.4 Å². The maximum atomic E-state index is 5.43. The van der Waals surface area contributed by atoms with Crippen molar-refractivity contribution in [3.05, 3.63) is 41.6 Å². The van der Waals surface area contributed by atoms with Gasteiger partial charge in [-0.25, -0.2) is 0 Å². The van der Waals surface area contributed by atoms with Crippen molar-refractivity contribution >= 4 is 29.9 Å². The van der Waals surface area contributed by atoms with Crippen molar-refractivity contribution in [2.75, 3.05) is 32.7 Å². The van der Waals surface area contributed by atoms with Crippen molar-refractivity contribution in [3.8, 4) is 0 Å². The summed E-state index contributed by atoms with van der Waals surface area (Å²) in [4.78, 5) is 7.42. The summed E-state index contributed by atoms with van der Waals surface area (Å²) < 4.78 is 7.51. The highest BCUT2D eigenvalue weighted by Crippen LogP contribution is 2.16. The number of hydrogen-bond acceptors (Lipinski definition) is 4. The van der Waals surface area contributed by atoms with Gasteiger partial charge in [-0.15, -0.1) is 24.0 Å². The van der Waals surface area contributed by atoms with Crippen LogP contribution in [0.4, 0.5) is 0 Å². The summed E-state index contributed by atoms with van der Waals surface area (Å²) in [6.45, 7) is 12.1. The number of rotatable bonds is 10. The Morgan fingerprint density at radius 1 is 1.30 bits per heavy atom. The standard InChI is InChI=1S/C22H36N6O.HI/c1-4-27-13-5-8-20(27)17-25-22(24-12-10-21-9-6-15-29-21)23-11-7-14-28-19(3)16-18(2)26-28;/h6,9,15-16,20H,4-5,7-8,10-14,17H2,1-3H3,(H2,23,24,25);1H. The number of halogens is 1. The Kier molecular flexibility index (Phi) is 10.7. The first kappa shape index (κ1) is 24.7. The second-order valence-electron chi connectivity index (χ2n) is 7.80. The molecular formula is C22H37IN6O. The number of nitrogens with one attached hydrogen (secondary N) is 2. The molecule has 3 rings (SSSR count). The fraction of sp³-hybridized carbons (Fsp3) is 0.636. The lowest BCUT2D eigenvalue weighted by atomic mass is 10.2. The van der Waals surface area contributed by atoms with Crippen LogP contribution in [0.25, 0.3) is 0 Å². The first-order valence-corrected chi connectivity index (χ1v) is 11.0. The van der Waals surface area contributed by atoms with E-state index in [1.165, 1.54) is 25.1 Å². The Morgan fingerprint density at radius 2 is 2.13 bits per heavy atom. The SMILES string of the molecule is CCN1CCCC1CN=C(NCCCn1nc(C)cc1C)NCCc1ccco1.I. The molecule has 0 radical (unpaired) electrons. The molecule has 2 aromatic heterocycles. The number of nitrogens with zero attached hydrogens (tertiary/aromatic N) is 4. The maximum Gasteiger partial charge on any atom is 0.191 e. The van der Waals surface area contributed by atoms with Crippen LogP contribution in [-0.4, -0.2) is 59.4 Å². The quantitative estimate of drug-likeness (QED) is 0.214. The maximum absolute atomic E-state index is 5.43. The number of guanidine groups is 1. The second-order valence-corrected chi connectivity index (χ2v) is 7.80. The zero-order valence-electron chi connectivity index (χ0n) is 18.6. The largest absolute Gasteiger partial charge is 0.469 e. The monoisotopic (exact) mass is 528 g/mol. The minimum Gasteiger partial charge on any atom is -0.469 e. The Labute approximate surface area is 197 Å². The molecule has 1 unspecified atom stereocenters.